The lowest BCUT2D eigenvalue weighted by Gasteiger charge is -2.22. The van der Waals surface area contributed by atoms with Gasteiger partial charge in [-0.2, -0.15) is 22.0 Å². The molecule has 0 saturated heterocycles. The Morgan fingerprint density at radius 2 is 1.71 bits per heavy atom. The van der Waals surface area contributed by atoms with E-state index in [2.05, 4.69) is 4.74 Å². The minimum absolute atomic E-state index is 0.228. The molecule has 0 saturated carbocycles. The van der Waals surface area contributed by atoms with Crippen molar-refractivity contribution in [3.05, 3.63) is 0 Å². The van der Waals surface area contributed by atoms with Crippen LogP contribution in [0, 0.1) is 0 Å². The fraction of sp³-hybridized carbons (Fsp3) is 0.700. The molecule has 0 spiro atoms. The Bertz CT molecular complexity index is 409. The summed E-state index contributed by atoms with van der Waals surface area (Å²) in [5, 5.41) is 9.56. The molecule has 1 atom stereocenters. The zero-order valence-electron chi connectivity index (χ0n) is 10.7. The molecule has 11 heteroatoms. The van der Waals surface area contributed by atoms with E-state index in [1.807, 2.05) is 0 Å². The number of rotatable bonds is 7. The average molecular weight is 321 g/mol. The Balaban J connectivity index is 4.99. The van der Waals surface area contributed by atoms with Gasteiger partial charge in [0.05, 0.1) is 6.61 Å². The second-order valence-electron chi connectivity index (χ2n) is 3.78. The molecule has 0 heterocycles. The fourth-order valence-electron chi connectivity index (χ4n) is 1.14. The molecule has 0 bridgehead atoms. The largest absolute Gasteiger partial charge is 0.481 e. The van der Waals surface area contributed by atoms with Gasteiger partial charge in [0.1, 0.15) is 6.04 Å². The van der Waals surface area contributed by atoms with Crippen molar-refractivity contribution in [1.29, 1.82) is 0 Å². The molecule has 0 aromatic rings. The number of nitrogens with one attached hydrogen (secondary N) is 1. The van der Waals surface area contributed by atoms with Gasteiger partial charge in [0, 0.05) is 6.42 Å². The van der Waals surface area contributed by atoms with Gasteiger partial charge in [0.2, 0.25) is 0 Å². The number of carboxylic acid groups (broad SMARTS) is 1. The van der Waals surface area contributed by atoms with Gasteiger partial charge >= 0.3 is 29.9 Å². The molecule has 21 heavy (non-hydrogen) atoms. The summed E-state index contributed by atoms with van der Waals surface area (Å²) < 4.78 is 65.7. The zero-order valence-corrected chi connectivity index (χ0v) is 10.7. The maximum absolute atomic E-state index is 12.7. The summed E-state index contributed by atoms with van der Waals surface area (Å²) >= 11 is 0. The first-order chi connectivity index (χ1) is 9.43. The van der Waals surface area contributed by atoms with Crippen molar-refractivity contribution in [2.45, 2.75) is 37.9 Å². The summed E-state index contributed by atoms with van der Waals surface area (Å²) in [6, 6.07) is -1.92. The normalized spacial score (nSPS) is 13.4. The third-order valence-corrected chi connectivity index (χ3v) is 2.16. The first-order valence-corrected chi connectivity index (χ1v) is 5.57. The third-order valence-electron chi connectivity index (χ3n) is 2.16. The van der Waals surface area contributed by atoms with E-state index >= 15 is 0 Å². The van der Waals surface area contributed by atoms with Crippen molar-refractivity contribution in [2.24, 2.45) is 0 Å². The summed E-state index contributed by atoms with van der Waals surface area (Å²) in [5.41, 5.74) is 0. The van der Waals surface area contributed by atoms with E-state index in [4.69, 9.17) is 5.11 Å². The van der Waals surface area contributed by atoms with Crippen LogP contribution in [0.1, 0.15) is 19.8 Å². The molecule has 0 aromatic heterocycles. The van der Waals surface area contributed by atoms with Gasteiger partial charge in [-0.1, -0.05) is 0 Å². The predicted octanol–water partition coefficient (Wildman–Crippen LogP) is 1.10. The highest BCUT2D eigenvalue weighted by atomic mass is 19.4. The Morgan fingerprint density at radius 1 is 1.19 bits per heavy atom. The number of aliphatic carboxylic acids is 1. The molecule has 6 nitrogen and oxygen atoms in total. The standard InChI is InChI=1S/C10H12F5NO5/c1-2-21-7(19)5(3-4-6(17)18)16-8(20)9(11,12)10(13,14)15/h5H,2-4H2,1H3,(H,16,20)(H,17,18). The van der Waals surface area contributed by atoms with Gasteiger partial charge in [0.25, 0.3) is 0 Å². The van der Waals surface area contributed by atoms with E-state index in [0.717, 1.165) is 5.32 Å². The van der Waals surface area contributed by atoms with Gasteiger partial charge in [-0.25, -0.2) is 4.79 Å². The van der Waals surface area contributed by atoms with E-state index in [-0.39, 0.29) is 6.61 Å². The smallest absolute Gasteiger partial charge is 0.463 e. The van der Waals surface area contributed by atoms with E-state index in [9.17, 15) is 36.3 Å². The molecule has 122 valence electrons. The molecule has 0 rings (SSSR count). The van der Waals surface area contributed by atoms with Crippen molar-refractivity contribution in [3.63, 3.8) is 0 Å². The van der Waals surface area contributed by atoms with Crippen LogP contribution in [0.3, 0.4) is 0 Å². The van der Waals surface area contributed by atoms with Crippen LogP contribution in [0.25, 0.3) is 0 Å². The van der Waals surface area contributed by atoms with E-state index in [0.29, 0.717) is 0 Å². The number of ether oxygens (including phenoxy) is 1. The molecule has 2 N–H and O–H groups in total. The van der Waals surface area contributed by atoms with E-state index in [1.54, 1.807) is 0 Å². The Hall–Kier alpha value is -1.94. The van der Waals surface area contributed by atoms with Gasteiger partial charge in [-0.15, -0.1) is 0 Å². The number of esters is 1. The summed E-state index contributed by atoms with van der Waals surface area (Å²) in [6.07, 6.45) is -7.56. The molecule has 0 aliphatic rings. The molecule has 0 radical (unpaired) electrons. The lowest BCUT2D eigenvalue weighted by atomic mass is 10.1. The van der Waals surface area contributed by atoms with Crippen molar-refractivity contribution in [3.8, 4) is 0 Å². The Labute approximate surface area is 115 Å². The topological polar surface area (TPSA) is 92.7 Å². The second-order valence-corrected chi connectivity index (χ2v) is 3.78. The predicted molar refractivity (Wildman–Crippen MR) is 56.4 cm³/mol. The molecular formula is C10H12F5NO5. The molecule has 0 aliphatic carbocycles. The summed E-state index contributed by atoms with van der Waals surface area (Å²) in [7, 11) is 0. The van der Waals surface area contributed by atoms with Gasteiger partial charge < -0.3 is 15.2 Å². The SMILES string of the molecule is CCOC(=O)C(CCC(=O)O)NC(=O)C(F)(F)C(F)(F)F. The highest BCUT2D eigenvalue weighted by molar-refractivity contribution is 5.89. The fourth-order valence-corrected chi connectivity index (χ4v) is 1.14. The number of carboxylic acids is 1. The number of hydrogen-bond donors (Lipinski definition) is 2. The quantitative estimate of drug-likeness (QED) is 0.541. The summed E-state index contributed by atoms with van der Waals surface area (Å²) in [6.45, 7) is 1.10. The van der Waals surface area contributed by atoms with Crippen LogP contribution < -0.4 is 5.32 Å². The highest BCUT2D eigenvalue weighted by Gasteiger charge is 2.63. The Kier molecular flexibility index (Phi) is 6.52. The Morgan fingerprint density at radius 3 is 2.10 bits per heavy atom. The molecule has 1 unspecified atom stereocenters. The number of alkyl halides is 5. The van der Waals surface area contributed by atoms with Crippen molar-refractivity contribution in [1.82, 2.24) is 5.32 Å². The first kappa shape index (κ1) is 19.1. The van der Waals surface area contributed by atoms with Crippen LogP contribution in [0.15, 0.2) is 0 Å². The zero-order chi connectivity index (χ0) is 16.8. The molecular weight excluding hydrogens is 309 g/mol. The number of hydrogen-bond acceptors (Lipinski definition) is 4. The number of halogens is 5. The van der Waals surface area contributed by atoms with Crippen LogP contribution in [0.5, 0.6) is 0 Å². The molecule has 0 aliphatic heterocycles. The molecule has 0 fully saturated rings. The lowest BCUT2D eigenvalue weighted by molar-refractivity contribution is -0.270. The van der Waals surface area contributed by atoms with Crippen LogP contribution in [-0.2, 0) is 19.1 Å². The third kappa shape index (κ3) is 5.52. The van der Waals surface area contributed by atoms with E-state index < -0.39 is 48.8 Å². The summed E-state index contributed by atoms with van der Waals surface area (Å²) in [5.74, 6) is -11.2. The lowest BCUT2D eigenvalue weighted by Crippen LogP contribution is -2.55. The van der Waals surface area contributed by atoms with Crippen LogP contribution >= 0.6 is 0 Å². The summed E-state index contributed by atoms with van der Waals surface area (Å²) in [4.78, 5) is 32.6. The maximum atomic E-state index is 12.7. The van der Waals surface area contributed by atoms with Crippen LogP contribution in [-0.4, -0.2) is 47.7 Å². The number of amides is 1. The van der Waals surface area contributed by atoms with Gasteiger partial charge in [-0.05, 0) is 13.3 Å². The van der Waals surface area contributed by atoms with Crippen molar-refractivity contribution < 1.29 is 46.2 Å². The van der Waals surface area contributed by atoms with Crippen LogP contribution in [0.2, 0.25) is 0 Å². The minimum atomic E-state index is -6.14. The molecule has 0 aromatic carbocycles. The van der Waals surface area contributed by atoms with E-state index in [1.165, 1.54) is 6.92 Å². The maximum Gasteiger partial charge on any atom is 0.463 e. The van der Waals surface area contributed by atoms with Crippen molar-refractivity contribution in [2.75, 3.05) is 6.61 Å². The van der Waals surface area contributed by atoms with Gasteiger partial charge in [0.15, 0.2) is 0 Å². The average Bonchev–Trinajstić information content (AvgIpc) is 2.32. The van der Waals surface area contributed by atoms with Gasteiger partial charge in [-0.3, -0.25) is 9.59 Å². The highest BCUT2D eigenvalue weighted by Crippen LogP contribution is 2.35. The van der Waals surface area contributed by atoms with Crippen LogP contribution in [0.4, 0.5) is 22.0 Å². The molecule has 1 amide bonds. The minimum Gasteiger partial charge on any atom is -0.481 e. The number of carbonyl (C=O) groups is 3. The monoisotopic (exact) mass is 321 g/mol. The first-order valence-electron chi connectivity index (χ1n) is 5.57. The second kappa shape index (κ2) is 7.18. The number of carbonyl (C=O) groups excluding carboxylic acids is 2. The van der Waals surface area contributed by atoms with Crippen molar-refractivity contribution >= 4 is 17.8 Å².